The van der Waals surface area contributed by atoms with Crippen molar-refractivity contribution in [1.82, 2.24) is 19.6 Å². The van der Waals surface area contributed by atoms with E-state index in [0.717, 1.165) is 12.1 Å². The predicted octanol–water partition coefficient (Wildman–Crippen LogP) is 2.96. The van der Waals surface area contributed by atoms with Crippen molar-refractivity contribution in [1.29, 1.82) is 0 Å². The highest BCUT2D eigenvalue weighted by Crippen LogP contribution is 2.29. The summed E-state index contributed by atoms with van der Waals surface area (Å²) in [6.45, 7) is 1.85. The number of anilines is 1. The molecule has 0 radical (unpaired) electrons. The van der Waals surface area contributed by atoms with E-state index in [-0.39, 0.29) is 11.3 Å². The van der Waals surface area contributed by atoms with Gasteiger partial charge < -0.3 is 5.32 Å². The number of halogens is 3. The van der Waals surface area contributed by atoms with Gasteiger partial charge >= 0.3 is 6.18 Å². The van der Waals surface area contributed by atoms with E-state index in [1.807, 2.05) is 6.92 Å². The number of nitrogens with zero attached hydrogens (tertiary/aromatic N) is 4. The van der Waals surface area contributed by atoms with Gasteiger partial charge in [-0.1, -0.05) is 6.92 Å². The van der Waals surface area contributed by atoms with Crippen molar-refractivity contribution in [2.75, 3.05) is 5.32 Å². The number of carbonyl (C=O) groups excluding carboxylic acids is 1. The van der Waals surface area contributed by atoms with Crippen molar-refractivity contribution in [3.05, 3.63) is 53.6 Å². The number of carbonyl (C=O) groups is 1. The van der Waals surface area contributed by atoms with Crippen molar-refractivity contribution in [2.24, 2.45) is 0 Å². The van der Waals surface area contributed by atoms with Crippen LogP contribution in [0.2, 0.25) is 0 Å². The van der Waals surface area contributed by atoms with Gasteiger partial charge in [0.15, 0.2) is 0 Å². The summed E-state index contributed by atoms with van der Waals surface area (Å²) in [5.74, 6) is -0.102. The molecule has 2 heterocycles. The normalized spacial score (nSPS) is 11.7. The van der Waals surface area contributed by atoms with Gasteiger partial charge in [-0.3, -0.25) is 4.79 Å². The standard InChI is InChI=1S/C15H12F3N5O/c1-2-12-11(7-19-14-20-8-21-23(12)14)13(24)22-10-5-3-9(4-6-10)15(16,17)18/h3-8H,2H2,1H3,(H,22,24). The minimum absolute atomic E-state index is 0.258. The molecular formula is C15H12F3N5O. The van der Waals surface area contributed by atoms with Crippen LogP contribution in [0.3, 0.4) is 0 Å². The number of benzene rings is 1. The van der Waals surface area contributed by atoms with Gasteiger partial charge in [0.05, 0.1) is 16.8 Å². The topological polar surface area (TPSA) is 72.2 Å². The third-order valence-corrected chi connectivity index (χ3v) is 3.46. The molecule has 1 amide bonds. The smallest absolute Gasteiger partial charge is 0.322 e. The first kappa shape index (κ1) is 15.9. The zero-order valence-electron chi connectivity index (χ0n) is 12.5. The van der Waals surface area contributed by atoms with Crippen molar-refractivity contribution in [2.45, 2.75) is 19.5 Å². The fourth-order valence-corrected chi connectivity index (χ4v) is 2.30. The number of nitrogens with one attached hydrogen (secondary N) is 1. The Hall–Kier alpha value is -2.97. The molecule has 24 heavy (non-hydrogen) atoms. The molecule has 1 N–H and O–H groups in total. The molecule has 0 unspecified atom stereocenters. The number of hydrogen-bond donors (Lipinski definition) is 1. The molecule has 9 heteroatoms. The van der Waals surface area contributed by atoms with Gasteiger partial charge in [-0.25, -0.2) is 9.50 Å². The van der Waals surface area contributed by atoms with Gasteiger partial charge in [-0.2, -0.15) is 23.3 Å². The van der Waals surface area contributed by atoms with E-state index in [2.05, 4.69) is 20.4 Å². The summed E-state index contributed by atoms with van der Waals surface area (Å²) in [5, 5.41) is 6.58. The number of alkyl halides is 3. The zero-order valence-corrected chi connectivity index (χ0v) is 12.5. The molecule has 0 aliphatic carbocycles. The van der Waals surface area contributed by atoms with Crippen LogP contribution in [0.4, 0.5) is 18.9 Å². The van der Waals surface area contributed by atoms with E-state index < -0.39 is 17.6 Å². The molecule has 6 nitrogen and oxygen atoms in total. The number of rotatable bonds is 3. The molecule has 2 aromatic heterocycles. The molecule has 0 fully saturated rings. The average Bonchev–Trinajstić information content (AvgIpc) is 3.02. The van der Waals surface area contributed by atoms with Crippen molar-refractivity contribution >= 4 is 17.4 Å². The Morgan fingerprint density at radius 3 is 2.54 bits per heavy atom. The van der Waals surface area contributed by atoms with E-state index >= 15 is 0 Å². The van der Waals surface area contributed by atoms with Gasteiger partial charge in [0, 0.05) is 11.9 Å². The maximum atomic E-state index is 12.6. The second kappa shape index (κ2) is 5.91. The quantitative estimate of drug-likeness (QED) is 0.799. The van der Waals surface area contributed by atoms with Crippen LogP contribution in [0.1, 0.15) is 28.5 Å². The summed E-state index contributed by atoms with van der Waals surface area (Å²) < 4.78 is 39.1. The highest BCUT2D eigenvalue weighted by molar-refractivity contribution is 6.05. The van der Waals surface area contributed by atoms with Crippen LogP contribution in [0.5, 0.6) is 0 Å². The van der Waals surface area contributed by atoms with Crippen LogP contribution in [0.25, 0.3) is 5.78 Å². The first-order valence-corrected chi connectivity index (χ1v) is 7.06. The Morgan fingerprint density at radius 2 is 1.92 bits per heavy atom. The van der Waals surface area contributed by atoms with E-state index in [1.54, 1.807) is 0 Å². The number of hydrogen-bond acceptors (Lipinski definition) is 4. The first-order chi connectivity index (χ1) is 11.4. The van der Waals surface area contributed by atoms with Gasteiger partial charge in [-0.15, -0.1) is 0 Å². The van der Waals surface area contributed by atoms with Gasteiger partial charge in [0.2, 0.25) is 0 Å². The van der Waals surface area contributed by atoms with Crippen molar-refractivity contribution in [3.63, 3.8) is 0 Å². The number of aromatic nitrogens is 4. The average molecular weight is 335 g/mol. The van der Waals surface area contributed by atoms with Crippen LogP contribution >= 0.6 is 0 Å². The van der Waals surface area contributed by atoms with Crippen LogP contribution in [-0.2, 0) is 12.6 Å². The second-order valence-electron chi connectivity index (χ2n) is 4.97. The van der Waals surface area contributed by atoms with E-state index in [1.165, 1.54) is 29.2 Å². The molecule has 0 atom stereocenters. The number of amides is 1. The lowest BCUT2D eigenvalue weighted by atomic mass is 10.1. The SMILES string of the molecule is CCc1c(C(=O)Nc2ccc(C(F)(F)F)cc2)cnc2ncnn12. The molecule has 0 aliphatic heterocycles. The molecule has 0 bridgehead atoms. The van der Waals surface area contributed by atoms with Gasteiger partial charge in [0.1, 0.15) is 6.33 Å². The fourth-order valence-electron chi connectivity index (χ4n) is 2.30. The van der Waals surface area contributed by atoms with Crippen LogP contribution in [-0.4, -0.2) is 25.5 Å². The lowest BCUT2D eigenvalue weighted by Gasteiger charge is -2.11. The molecule has 124 valence electrons. The fraction of sp³-hybridized carbons (Fsp3) is 0.200. The summed E-state index contributed by atoms with van der Waals surface area (Å²) >= 11 is 0. The maximum Gasteiger partial charge on any atom is 0.416 e. The molecule has 3 rings (SSSR count). The highest BCUT2D eigenvalue weighted by Gasteiger charge is 2.30. The third kappa shape index (κ3) is 2.92. The van der Waals surface area contributed by atoms with Crippen LogP contribution in [0, 0.1) is 0 Å². The summed E-state index contributed by atoms with van der Waals surface area (Å²) in [5.41, 5.74) is 0.381. The van der Waals surface area contributed by atoms with E-state index in [9.17, 15) is 18.0 Å². The highest BCUT2D eigenvalue weighted by atomic mass is 19.4. The second-order valence-corrected chi connectivity index (χ2v) is 4.97. The third-order valence-electron chi connectivity index (χ3n) is 3.46. The van der Waals surface area contributed by atoms with E-state index in [0.29, 0.717) is 17.9 Å². The Morgan fingerprint density at radius 1 is 1.21 bits per heavy atom. The lowest BCUT2D eigenvalue weighted by Crippen LogP contribution is -2.17. The largest absolute Gasteiger partial charge is 0.416 e. The first-order valence-electron chi connectivity index (χ1n) is 7.06. The number of aryl methyl sites for hydroxylation is 1. The molecule has 0 spiro atoms. The van der Waals surface area contributed by atoms with Gasteiger partial charge in [0.25, 0.3) is 11.7 Å². The summed E-state index contributed by atoms with van der Waals surface area (Å²) in [6, 6.07) is 4.23. The Labute approximate surface area is 134 Å². The van der Waals surface area contributed by atoms with Gasteiger partial charge in [-0.05, 0) is 30.7 Å². The van der Waals surface area contributed by atoms with Crippen molar-refractivity contribution in [3.8, 4) is 0 Å². The Balaban J connectivity index is 1.87. The zero-order chi connectivity index (χ0) is 17.3. The summed E-state index contributed by atoms with van der Waals surface area (Å²) in [4.78, 5) is 20.4. The Kier molecular flexibility index (Phi) is 3.92. The molecule has 0 saturated carbocycles. The molecule has 0 aliphatic rings. The monoisotopic (exact) mass is 335 g/mol. The molecule has 1 aromatic carbocycles. The van der Waals surface area contributed by atoms with Crippen LogP contribution < -0.4 is 5.32 Å². The minimum atomic E-state index is -4.42. The van der Waals surface area contributed by atoms with Crippen LogP contribution in [0.15, 0.2) is 36.8 Å². The lowest BCUT2D eigenvalue weighted by molar-refractivity contribution is -0.137. The predicted molar refractivity (Wildman–Crippen MR) is 79.6 cm³/mol. The molecular weight excluding hydrogens is 323 g/mol. The summed E-state index contributed by atoms with van der Waals surface area (Å²) in [7, 11) is 0. The minimum Gasteiger partial charge on any atom is -0.322 e. The Bertz CT molecular complexity index is 886. The molecule has 3 aromatic rings. The van der Waals surface area contributed by atoms with E-state index in [4.69, 9.17) is 0 Å². The summed E-state index contributed by atoms with van der Waals surface area (Å²) in [6.07, 6.45) is -1.20. The van der Waals surface area contributed by atoms with Crippen molar-refractivity contribution < 1.29 is 18.0 Å². The molecule has 0 saturated heterocycles. The number of fused-ring (bicyclic) bond motifs is 1. The maximum absolute atomic E-state index is 12.6.